The molecule has 1 N–H and O–H groups in total. The highest BCUT2D eigenvalue weighted by molar-refractivity contribution is 7.09. The van der Waals surface area contributed by atoms with Crippen molar-refractivity contribution < 1.29 is 14.3 Å². The Balaban J connectivity index is 1.64. The molecule has 26 heavy (non-hydrogen) atoms. The Morgan fingerprint density at radius 3 is 2.65 bits per heavy atom. The average molecular weight is 389 g/mol. The van der Waals surface area contributed by atoms with E-state index in [4.69, 9.17) is 21.1 Å². The van der Waals surface area contributed by atoms with Crippen molar-refractivity contribution in [3.8, 4) is 11.5 Å². The number of anilines is 1. The quantitative estimate of drug-likeness (QED) is 0.649. The summed E-state index contributed by atoms with van der Waals surface area (Å²) < 4.78 is 10.9. The SMILES string of the molecule is COc1ccc(Cl)cc1NC(=O)c1ccc(OCc2nc(C)cs2)cc1. The molecular formula is C19H17ClN2O3S. The van der Waals surface area contributed by atoms with Crippen LogP contribution in [0.25, 0.3) is 0 Å². The van der Waals surface area contributed by atoms with E-state index in [9.17, 15) is 4.79 Å². The number of thiazole rings is 1. The van der Waals surface area contributed by atoms with Gasteiger partial charge in [-0.3, -0.25) is 4.79 Å². The van der Waals surface area contributed by atoms with Crippen molar-refractivity contribution in [2.24, 2.45) is 0 Å². The Kier molecular flexibility index (Phi) is 5.75. The Hall–Kier alpha value is -2.57. The predicted molar refractivity (Wildman–Crippen MR) is 104 cm³/mol. The molecule has 1 heterocycles. The lowest BCUT2D eigenvalue weighted by molar-refractivity contribution is 0.102. The minimum Gasteiger partial charge on any atom is -0.495 e. The summed E-state index contributed by atoms with van der Waals surface area (Å²) in [6, 6.07) is 12.0. The van der Waals surface area contributed by atoms with E-state index in [0.29, 0.717) is 34.4 Å². The molecule has 0 fully saturated rings. The van der Waals surface area contributed by atoms with Crippen LogP contribution < -0.4 is 14.8 Å². The Labute approximate surface area is 160 Å². The first-order chi connectivity index (χ1) is 12.5. The van der Waals surface area contributed by atoms with E-state index in [1.165, 1.54) is 7.11 Å². The summed E-state index contributed by atoms with van der Waals surface area (Å²) in [5.74, 6) is 0.962. The van der Waals surface area contributed by atoms with Gasteiger partial charge in [-0.1, -0.05) is 11.6 Å². The molecule has 5 nitrogen and oxygen atoms in total. The van der Waals surface area contributed by atoms with E-state index in [0.717, 1.165) is 10.7 Å². The average Bonchev–Trinajstić information content (AvgIpc) is 3.06. The number of nitrogens with zero attached hydrogens (tertiary/aromatic N) is 1. The molecule has 7 heteroatoms. The molecule has 0 aliphatic heterocycles. The number of amides is 1. The van der Waals surface area contributed by atoms with Gasteiger partial charge in [0.15, 0.2) is 0 Å². The minimum absolute atomic E-state index is 0.257. The second kappa shape index (κ2) is 8.21. The molecule has 134 valence electrons. The number of aryl methyl sites for hydroxylation is 1. The van der Waals surface area contributed by atoms with Crippen molar-refractivity contribution in [1.29, 1.82) is 0 Å². The number of carbonyl (C=O) groups excluding carboxylic acids is 1. The molecule has 0 aliphatic rings. The Morgan fingerprint density at radius 2 is 2.00 bits per heavy atom. The number of carbonyl (C=O) groups is 1. The minimum atomic E-state index is -0.257. The number of hydrogen-bond acceptors (Lipinski definition) is 5. The fraction of sp³-hybridized carbons (Fsp3) is 0.158. The van der Waals surface area contributed by atoms with Gasteiger partial charge in [-0.2, -0.15) is 0 Å². The van der Waals surface area contributed by atoms with Gasteiger partial charge in [-0.25, -0.2) is 4.98 Å². The van der Waals surface area contributed by atoms with Gasteiger partial charge in [-0.05, 0) is 49.4 Å². The lowest BCUT2D eigenvalue weighted by Gasteiger charge is -2.11. The molecule has 0 atom stereocenters. The normalized spacial score (nSPS) is 10.4. The van der Waals surface area contributed by atoms with Crippen molar-refractivity contribution in [1.82, 2.24) is 4.98 Å². The fourth-order valence-electron chi connectivity index (χ4n) is 2.29. The number of methoxy groups -OCH3 is 1. The molecule has 1 aromatic heterocycles. The summed E-state index contributed by atoms with van der Waals surface area (Å²) >= 11 is 7.54. The maximum atomic E-state index is 12.4. The molecular weight excluding hydrogens is 372 g/mol. The van der Waals surface area contributed by atoms with Crippen LogP contribution in [0.5, 0.6) is 11.5 Å². The van der Waals surface area contributed by atoms with Crippen molar-refractivity contribution in [2.75, 3.05) is 12.4 Å². The Morgan fingerprint density at radius 1 is 1.23 bits per heavy atom. The first kappa shape index (κ1) is 18.2. The van der Waals surface area contributed by atoms with Crippen LogP contribution in [0.4, 0.5) is 5.69 Å². The highest BCUT2D eigenvalue weighted by atomic mass is 35.5. The van der Waals surface area contributed by atoms with Gasteiger partial charge in [0.2, 0.25) is 0 Å². The predicted octanol–water partition coefficient (Wildman–Crippen LogP) is 4.94. The second-order valence-electron chi connectivity index (χ2n) is 5.49. The summed E-state index contributed by atoms with van der Waals surface area (Å²) in [6.45, 7) is 2.35. The number of aromatic nitrogens is 1. The number of halogens is 1. The smallest absolute Gasteiger partial charge is 0.255 e. The lowest BCUT2D eigenvalue weighted by Crippen LogP contribution is -2.12. The molecule has 1 amide bonds. The first-order valence-electron chi connectivity index (χ1n) is 7.84. The topological polar surface area (TPSA) is 60.5 Å². The molecule has 0 radical (unpaired) electrons. The summed E-state index contributed by atoms with van der Waals surface area (Å²) in [7, 11) is 1.54. The van der Waals surface area contributed by atoms with Gasteiger partial charge in [0, 0.05) is 21.7 Å². The summed E-state index contributed by atoms with van der Waals surface area (Å²) in [5, 5.41) is 6.21. The van der Waals surface area contributed by atoms with E-state index >= 15 is 0 Å². The highest BCUT2D eigenvalue weighted by Gasteiger charge is 2.11. The van der Waals surface area contributed by atoms with Crippen molar-refractivity contribution in [2.45, 2.75) is 13.5 Å². The zero-order valence-corrected chi connectivity index (χ0v) is 15.9. The summed E-state index contributed by atoms with van der Waals surface area (Å²) in [5.41, 5.74) is 2.01. The zero-order valence-electron chi connectivity index (χ0n) is 14.3. The number of nitrogens with one attached hydrogen (secondary N) is 1. The molecule has 0 bridgehead atoms. The van der Waals surface area contributed by atoms with Crippen LogP contribution in [0.1, 0.15) is 21.1 Å². The number of hydrogen-bond donors (Lipinski definition) is 1. The van der Waals surface area contributed by atoms with Crippen molar-refractivity contribution >= 4 is 34.5 Å². The van der Waals surface area contributed by atoms with E-state index in [1.54, 1.807) is 53.8 Å². The van der Waals surface area contributed by atoms with Gasteiger partial charge in [0.1, 0.15) is 23.1 Å². The standard InChI is InChI=1S/C19H17ClN2O3S/c1-12-11-26-18(21-12)10-25-15-6-3-13(4-7-15)19(23)22-16-9-14(20)5-8-17(16)24-2/h3-9,11H,10H2,1-2H3,(H,22,23). The van der Waals surface area contributed by atoms with E-state index in [-0.39, 0.29) is 5.91 Å². The highest BCUT2D eigenvalue weighted by Crippen LogP contribution is 2.28. The van der Waals surface area contributed by atoms with E-state index in [2.05, 4.69) is 10.3 Å². The maximum Gasteiger partial charge on any atom is 0.255 e. The van der Waals surface area contributed by atoms with Gasteiger partial charge in [0.25, 0.3) is 5.91 Å². The molecule has 0 saturated carbocycles. The summed E-state index contributed by atoms with van der Waals surface area (Å²) in [6.07, 6.45) is 0. The Bertz CT molecular complexity index is 909. The van der Waals surface area contributed by atoms with Crippen molar-refractivity contribution in [3.05, 3.63) is 69.1 Å². The third-order valence-electron chi connectivity index (χ3n) is 3.56. The largest absolute Gasteiger partial charge is 0.495 e. The fourth-order valence-corrected chi connectivity index (χ4v) is 3.14. The third-order valence-corrected chi connectivity index (χ3v) is 4.73. The van der Waals surface area contributed by atoms with Crippen LogP contribution in [-0.2, 0) is 6.61 Å². The molecule has 0 aliphatic carbocycles. The molecule has 0 unspecified atom stereocenters. The van der Waals surface area contributed by atoms with Crippen LogP contribution in [0.2, 0.25) is 5.02 Å². The van der Waals surface area contributed by atoms with Crippen LogP contribution in [0.3, 0.4) is 0 Å². The van der Waals surface area contributed by atoms with E-state index < -0.39 is 0 Å². The van der Waals surface area contributed by atoms with Gasteiger partial charge < -0.3 is 14.8 Å². The maximum absolute atomic E-state index is 12.4. The molecule has 3 rings (SSSR count). The van der Waals surface area contributed by atoms with Crippen LogP contribution in [0.15, 0.2) is 47.8 Å². The number of ether oxygens (including phenoxy) is 2. The molecule has 0 spiro atoms. The summed E-state index contributed by atoms with van der Waals surface area (Å²) in [4.78, 5) is 16.8. The van der Waals surface area contributed by atoms with Crippen molar-refractivity contribution in [3.63, 3.8) is 0 Å². The zero-order chi connectivity index (χ0) is 18.5. The third kappa shape index (κ3) is 4.53. The van der Waals surface area contributed by atoms with Gasteiger partial charge in [-0.15, -0.1) is 11.3 Å². The van der Waals surface area contributed by atoms with Crippen LogP contribution in [0, 0.1) is 6.92 Å². The van der Waals surface area contributed by atoms with Gasteiger partial charge in [0.05, 0.1) is 12.8 Å². The number of benzene rings is 2. The van der Waals surface area contributed by atoms with Crippen LogP contribution >= 0.6 is 22.9 Å². The van der Waals surface area contributed by atoms with E-state index in [1.807, 2.05) is 12.3 Å². The lowest BCUT2D eigenvalue weighted by atomic mass is 10.2. The molecule has 2 aromatic carbocycles. The molecule has 0 saturated heterocycles. The first-order valence-corrected chi connectivity index (χ1v) is 9.09. The van der Waals surface area contributed by atoms with Crippen LogP contribution in [-0.4, -0.2) is 18.0 Å². The second-order valence-corrected chi connectivity index (χ2v) is 6.87. The monoisotopic (exact) mass is 388 g/mol. The number of rotatable bonds is 6. The van der Waals surface area contributed by atoms with Gasteiger partial charge >= 0.3 is 0 Å². The molecule has 3 aromatic rings.